The van der Waals surface area contributed by atoms with E-state index in [1.165, 1.54) is 12.8 Å². The Morgan fingerprint density at radius 3 is 1.90 bits per heavy atom. The predicted octanol–water partition coefficient (Wildman–Crippen LogP) is -5.39. The molecule has 0 radical (unpaired) electrons. The summed E-state index contributed by atoms with van der Waals surface area (Å²) < 4.78 is 23.2. The maximum absolute atomic E-state index is 13.5. The minimum atomic E-state index is -3.80. The van der Waals surface area contributed by atoms with Gasteiger partial charge < -0.3 is 61.2 Å². The molecule has 1 aliphatic heterocycles. The molecule has 14 heteroatoms. The Bertz CT molecular complexity index is 549. The maximum Gasteiger partial charge on any atom is 2.00 e. The van der Waals surface area contributed by atoms with Crippen molar-refractivity contribution in [3.8, 4) is 0 Å². The van der Waals surface area contributed by atoms with Crippen molar-refractivity contribution in [2.45, 2.75) is 80.6 Å². The second-order valence-corrected chi connectivity index (χ2v) is 7.31. The van der Waals surface area contributed by atoms with Crippen molar-refractivity contribution in [3.05, 3.63) is 0 Å². The number of carboxylic acids is 2. The smallest absolute Gasteiger partial charge is 0.546 e. The standard InChI is InChI=1S/C11H17FO10.C6H14N2.Pt/c12-11(9(17)18,10(19)20)1-2-21-8-7(16)6(15)5(14)4(3-13)22-8;7-5-3-1-2-4-6(5)8;/h4-8,13-16H,1-3H2,(H,17,18)(H,19,20);5-6H,1-4,7-8H2;/q;;+2/p-2/t4-,5-,6+,7-,8+;5-,6-;/m11./s1. The van der Waals surface area contributed by atoms with E-state index in [1.807, 2.05) is 0 Å². The number of halogens is 1. The molecule has 1 saturated heterocycles. The first-order valence-corrected chi connectivity index (χ1v) is 9.50. The largest absolute Gasteiger partial charge is 2.00 e. The van der Waals surface area contributed by atoms with E-state index in [1.54, 1.807) is 0 Å². The Morgan fingerprint density at radius 2 is 1.52 bits per heavy atom. The van der Waals surface area contributed by atoms with E-state index >= 15 is 0 Å². The molecule has 8 N–H and O–H groups in total. The summed E-state index contributed by atoms with van der Waals surface area (Å²) in [6.45, 7) is -1.57. The molecular weight excluding hydrogens is 606 g/mol. The van der Waals surface area contributed by atoms with Crippen LogP contribution in [0.3, 0.4) is 0 Å². The number of carbonyl (C=O) groups excluding carboxylic acids is 2. The first-order valence-electron chi connectivity index (χ1n) is 9.50. The zero-order valence-electron chi connectivity index (χ0n) is 16.6. The van der Waals surface area contributed by atoms with Crippen molar-refractivity contribution in [2.24, 2.45) is 11.5 Å². The van der Waals surface area contributed by atoms with E-state index in [0.717, 1.165) is 12.8 Å². The Labute approximate surface area is 192 Å². The summed E-state index contributed by atoms with van der Waals surface area (Å²) >= 11 is 0. The third-order valence-corrected chi connectivity index (χ3v) is 5.10. The SMILES string of the molecule is N[C@@H]1CCCC[C@H]1N.O=C([O-])C(F)(CCO[C@H]1O[C@H](CO)[C@@H](O)[C@H](O)[C@H]1O)C(=O)[O-].[Pt+2]. The monoisotopic (exact) mass is 635 g/mol. The van der Waals surface area contributed by atoms with Crippen LogP contribution in [0.1, 0.15) is 32.1 Å². The summed E-state index contributed by atoms with van der Waals surface area (Å²) in [7, 11) is 0. The molecule has 0 amide bonds. The van der Waals surface area contributed by atoms with Gasteiger partial charge in [-0.2, -0.15) is 0 Å². The van der Waals surface area contributed by atoms with E-state index in [2.05, 4.69) is 0 Å². The molecule has 12 nitrogen and oxygen atoms in total. The van der Waals surface area contributed by atoms with Gasteiger partial charge in [0, 0.05) is 18.5 Å². The van der Waals surface area contributed by atoms with Crippen molar-refractivity contribution in [1.82, 2.24) is 0 Å². The van der Waals surface area contributed by atoms with E-state index in [9.17, 15) is 39.5 Å². The molecule has 184 valence electrons. The Balaban J connectivity index is 0.000000838. The molecule has 0 aromatic rings. The number of carbonyl (C=O) groups is 2. The fraction of sp³-hybridized carbons (Fsp3) is 0.882. The van der Waals surface area contributed by atoms with Crippen LogP contribution in [-0.4, -0.2) is 94.0 Å². The molecule has 0 spiro atoms. The molecule has 2 fully saturated rings. The number of hydrogen-bond donors (Lipinski definition) is 6. The van der Waals surface area contributed by atoms with Crippen LogP contribution in [0.25, 0.3) is 0 Å². The average Bonchev–Trinajstić information content (AvgIpc) is 2.70. The molecule has 0 aromatic carbocycles. The number of aliphatic hydroxyl groups is 4. The van der Waals surface area contributed by atoms with Gasteiger partial charge in [0.2, 0.25) is 0 Å². The van der Waals surface area contributed by atoms with Crippen molar-refractivity contribution in [1.29, 1.82) is 0 Å². The minimum absolute atomic E-state index is 0. The first-order chi connectivity index (χ1) is 14.0. The van der Waals surface area contributed by atoms with E-state index < -0.39 is 67.9 Å². The van der Waals surface area contributed by atoms with Crippen molar-refractivity contribution in [3.63, 3.8) is 0 Å². The average molecular weight is 635 g/mol. The van der Waals surface area contributed by atoms with Gasteiger partial charge in [-0.25, -0.2) is 4.39 Å². The van der Waals surface area contributed by atoms with Crippen LogP contribution in [-0.2, 0) is 40.1 Å². The molecule has 0 bridgehead atoms. The number of hydrogen-bond acceptors (Lipinski definition) is 12. The third-order valence-electron chi connectivity index (χ3n) is 5.10. The molecule has 0 aromatic heterocycles. The molecule has 7 atom stereocenters. The number of aliphatic carboxylic acids is 2. The van der Waals surface area contributed by atoms with Crippen molar-refractivity contribution >= 4 is 11.9 Å². The van der Waals surface area contributed by atoms with E-state index in [-0.39, 0.29) is 33.1 Å². The van der Waals surface area contributed by atoms with Gasteiger partial charge in [0.1, 0.15) is 24.4 Å². The molecule has 0 unspecified atom stereocenters. The predicted molar refractivity (Wildman–Crippen MR) is 92.6 cm³/mol. The number of alkyl halides is 1. The molecule has 1 heterocycles. The Hall–Kier alpha value is -0.762. The van der Waals surface area contributed by atoms with Crippen LogP contribution in [0.15, 0.2) is 0 Å². The summed E-state index contributed by atoms with van der Waals surface area (Å²) in [5, 5.41) is 58.3. The van der Waals surface area contributed by atoms with Gasteiger partial charge in [0.15, 0.2) is 12.0 Å². The molecular formula is C17H29FN2O10Pt. The van der Waals surface area contributed by atoms with Crippen LogP contribution < -0.4 is 21.7 Å². The summed E-state index contributed by atoms with van der Waals surface area (Å²) in [4.78, 5) is 20.9. The molecule has 31 heavy (non-hydrogen) atoms. The number of nitrogens with two attached hydrogens (primary N) is 2. The van der Waals surface area contributed by atoms with Crippen molar-refractivity contribution < 1.29 is 75.2 Å². The van der Waals surface area contributed by atoms with Gasteiger partial charge in [-0.15, -0.1) is 0 Å². The van der Waals surface area contributed by atoms with Crippen LogP contribution in [0.2, 0.25) is 0 Å². The zero-order valence-corrected chi connectivity index (χ0v) is 18.9. The Morgan fingerprint density at radius 1 is 1.03 bits per heavy atom. The Kier molecular flexibility index (Phi) is 13.4. The van der Waals surface area contributed by atoms with Crippen LogP contribution in [0.4, 0.5) is 4.39 Å². The fourth-order valence-corrected chi connectivity index (χ4v) is 3.00. The summed E-state index contributed by atoms with van der Waals surface area (Å²) in [6.07, 6.45) is -4.47. The van der Waals surface area contributed by atoms with Gasteiger partial charge in [0.05, 0.1) is 25.2 Å². The third kappa shape index (κ3) is 8.26. The van der Waals surface area contributed by atoms with Gasteiger partial charge in [-0.3, -0.25) is 0 Å². The van der Waals surface area contributed by atoms with Crippen LogP contribution in [0.5, 0.6) is 0 Å². The normalized spacial score (nSPS) is 33.5. The van der Waals surface area contributed by atoms with E-state index in [4.69, 9.17) is 26.0 Å². The van der Waals surface area contributed by atoms with Crippen LogP contribution >= 0.6 is 0 Å². The number of ether oxygens (including phenoxy) is 2. The molecule has 1 saturated carbocycles. The van der Waals surface area contributed by atoms with Crippen molar-refractivity contribution in [2.75, 3.05) is 13.2 Å². The second kappa shape index (κ2) is 13.7. The summed E-state index contributed by atoms with van der Waals surface area (Å²) in [5.74, 6) is -5.05. The second-order valence-electron chi connectivity index (χ2n) is 7.31. The molecule has 2 aliphatic rings. The van der Waals surface area contributed by atoms with Gasteiger partial charge in [0.25, 0.3) is 0 Å². The van der Waals surface area contributed by atoms with Gasteiger partial charge in [-0.1, -0.05) is 12.8 Å². The van der Waals surface area contributed by atoms with E-state index in [0.29, 0.717) is 0 Å². The minimum Gasteiger partial charge on any atom is -0.546 e. The van der Waals surface area contributed by atoms with Crippen LogP contribution in [0, 0.1) is 0 Å². The quantitative estimate of drug-likeness (QED) is 0.144. The van der Waals surface area contributed by atoms with Gasteiger partial charge in [-0.05, 0) is 12.8 Å². The number of carboxylic acid groups (broad SMARTS) is 2. The first kappa shape index (κ1) is 30.2. The summed E-state index contributed by atoms with van der Waals surface area (Å²) in [6, 6.07) is 0.562. The zero-order chi connectivity index (χ0) is 23.1. The molecule has 1 aliphatic carbocycles. The number of aliphatic hydroxyl groups excluding tert-OH is 4. The molecule has 2 rings (SSSR count). The summed E-state index contributed by atoms with van der Waals surface area (Å²) in [5.41, 5.74) is 7.51. The maximum atomic E-state index is 13.5. The topological polar surface area (TPSA) is 232 Å². The van der Waals surface area contributed by atoms with Gasteiger partial charge >= 0.3 is 21.1 Å². The number of rotatable bonds is 7. The fourth-order valence-electron chi connectivity index (χ4n) is 3.00.